The van der Waals surface area contributed by atoms with E-state index in [0.717, 1.165) is 0 Å². The van der Waals surface area contributed by atoms with Crippen LogP contribution in [0.1, 0.15) is 43.9 Å². The Labute approximate surface area is 193 Å². The normalized spacial score (nSPS) is 18.6. The molecule has 2 atom stereocenters. The zero-order valence-electron chi connectivity index (χ0n) is 18.6. The molecule has 0 bridgehead atoms. The van der Waals surface area contributed by atoms with Crippen molar-refractivity contribution in [2.24, 2.45) is 0 Å². The van der Waals surface area contributed by atoms with Crippen molar-refractivity contribution in [1.29, 1.82) is 5.26 Å². The van der Waals surface area contributed by atoms with Crippen molar-refractivity contribution < 1.29 is 23.4 Å². The number of H-pyrrole nitrogens is 1. The lowest BCUT2D eigenvalue weighted by Crippen LogP contribution is -2.24. The van der Waals surface area contributed by atoms with E-state index in [2.05, 4.69) is 16.3 Å². The third-order valence-electron chi connectivity index (χ3n) is 6.57. The number of nitrogens with one attached hydrogen (secondary N) is 1. The lowest BCUT2D eigenvalue weighted by molar-refractivity contribution is -0.147. The fourth-order valence-electron chi connectivity index (χ4n) is 5.03. The van der Waals surface area contributed by atoms with Crippen LogP contribution in [0.3, 0.4) is 0 Å². The second kappa shape index (κ2) is 7.92. The minimum atomic E-state index is -1.07. The van der Waals surface area contributed by atoms with E-state index in [1.807, 2.05) is 18.4 Å². The van der Waals surface area contributed by atoms with E-state index in [1.54, 1.807) is 18.2 Å². The number of halogens is 2. The zero-order chi connectivity index (χ0) is 24.2. The van der Waals surface area contributed by atoms with Crippen LogP contribution in [0.15, 0.2) is 36.5 Å². The maximum Gasteiger partial charge on any atom is 0.332 e. The van der Waals surface area contributed by atoms with Gasteiger partial charge in [-0.25, -0.2) is 13.6 Å². The molecule has 0 spiro atoms. The Hall–Kier alpha value is -3.77. The molecule has 1 aliphatic heterocycles. The van der Waals surface area contributed by atoms with Crippen molar-refractivity contribution in [2.75, 3.05) is 6.61 Å². The number of carbonyl (C=O) groups is 1. The van der Waals surface area contributed by atoms with Gasteiger partial charge in [0.25, 0.3) is 0 Å². The van der Waals surface area contributed by atoms with Gasteiger partial charge in [0.1, 0.15) is 11.3 Å². The lowest BCUT2D eigenvalue weighted by atomic mass is 9.79. The SMILES string of the molecule is CC(C)(CC#N)c1c(C2CO[C@@H](C(=O)O)C2)c2c(F)c3[nH]ncc3cc2n1-c1ccc(F)cc1. The van der Waals surface area contributed by atoms with Crippen LogP contribution in [0.5, 0.6) is 0 Å². The highest BCUT2D eigenvalue weighted by Crippen LogP contribution is 2.47. The van der Waals surface area contributed by atoms with Crippen molar-refractivity contribution in [3.8, 4) is 11.8 Å². The smallest absolute Gasteiger partial charge is 0.332 e. The molecule has 2 aromatic carbocycles. The Morgan fingerprint density at radius 1 is 1.35 bits per heavy atom. The second-order valence-corrected chi connectivity index (χ2v) is 9.30. The van der Waals surface area contributed by atoms with Gasteiger partial charge in [0.15, 0.2) is 11.9 Å². The summed E-state index contributed by atoms with van der Waals surface area (Å²) in [6, 6.07) is 9.89. The van der Waals surface area contributed by atoms with Crippen molar-refractivity contribution >= 4 is 27.8 Å². The van der Waals surface area contributed by atoms with E-state index in [9.17, 15) is 19.6 Å². The third kappa shape index (κ3) is 3.33. The van der Waals surface area contributed by atoms with Crippen molar-refractivity contribution in [3.05, 3.63) is 59.4 Å². The predicted octanol–water partition coefficient (Wildman–Crippen LogP) is 4.93. The van der Waals surface area contributed by atoms with Gasteiger partial charge in [-0.1, -0.05) is 13.8 Å². The van der Waals surface area contributed by atoms with Crippen molar-refractivity contribution in [2.45, 2.75) is 44.1 Å². The molecule has 1 aliphatic rings. The van der Waals surface area contributed by atoms with E-state index in [4.69, 9.17) is 4.74 Å². The van der Waals surface area contributed by atoms with Crippen LogP contribution in [0, 0.1) is 23.0 Å². The van der Waals surface area contributed by atoms with Gasteiger partial charge in [0.05, 0.1) is 24.4 Å². The van der Waals surface area contributed by atoms with Gasteiger partial charge < -0.3 is 14.4 Å². The standard InChI is InChI=1S/C25H22F2N4O3/c1-25(2,7-8-28)23-19(14-10-18(24(32)33)34-12-14)20-17(9-13-11-29-30-22(13)21(20)27)31(23)16-5-3-15(26)4-6-16/h3-6,9,11,14,18H,7,10,12H2,1-2H3,(H,29,30)(H,32,33)/t14?,18-/m1/s1. The third-order valence-corrected chi connectivity index (χ3v) is 6.57. The molecule has 9 heteroatoms. The monoisotopic (exact) mass is 464 g/mol. The quantitative estimate of drug-likeness (QED) is 0.436. The molecule has 0 aliphatic carbocycles. The summed E-state index contributed by atoms with van der Waals surface area (Å²) in [5, 5.41) is 26.6. The number of rotatable bonds is 5. The summed E-state index contributed by atoms with van der Waals surface area (Å²) in [4.78, 5) is 11.6. The number of fused-ring (bicyclic) bond motifs is 2. The first-order valence-electron chi connectivity index (χ1n) is 10.9. The summed E-state index contributed by atoms with van der Waals surface area (Å²) in [6.07, 6.45) is 0.835. The maximum atomic E-state index is 16.0. The minimum absolute atomic E-state index is 0.107. The second-order valence-electron chi connectivity index (χ2n) is 9.30. The van der Waals surface area contributed by atoms with Crippen LogP contribution in [0.25, 0.3) is 27.5 Å². The summed E-state index contributed by atoms with van der Waals surface area (Å²) >= 11 is 0. The summed E-state index contributed by atoms with van der Waals surface area (Å²) in [6.45, 7) is 3.89. The van der Waals surface area contributed by atoms with Gasteiger partial charge in [0, 0.05) is 39.9 Å². The van der Waals surface area contributed by atoms with Gasteiger partial charge in [-0.15, -0.1) is 0 Å². The first kappa shape index (κ1) is 22.0. The Morgan fingerprint density at radius 2 is 2.09 bits per heavy atom. The predicted molar refractivity (Wildman–Crippen MR) is 121 cm³/mol. The highest BCUT2D eigenvalue weighted by atomic mass is 19.1. The summed E-state index contributed by atoms with van der Waals surface area (Å²) in [7, 11) is 0. The Kier molecular flexibility index (Phi) is 5.14. The molecule has 3 heterocycles. The number of nitrogens with zero attached hydrogens (tertiary/aromatic N) is 3. The Bertz CT molecular complexity index is 1460. The highest BCUT2D eigenvalue weighted by molar-refractivity contribution is 6.00. The van der Waals surface area contributed by atoms with Crippen molar-refractivity contribution in [3.63, 3.8) is 0 Å². The first-order chi connectivity index (χ1) is 16.2. The Balaban J connectivity index is 1.92. The number of ether oxygens (including phenoxy) is 1. The van der Waals surface area contributed by atoms with Crippen LogP contribution >= 0.6 is 0 Å². The molecule has 0 amide bonds. The van der Waals surface area contributed by atoms with Gasteiger partial charge in [-0.2, -0.15) is 10.4 Å². The zero-order valence-corrected chi connectivity index (χ0v) is 18.6. The number of aromatic amines is 1. The number of hydrogen-bond donors (Lipinski definition) is 2. The van der Waals surface area contributed by atoms with Crippen LogP contribution in [0.4, 0.5) is 8.78 Å². The largest absolute Gasteiger partial charge is 0.479 e. The van der Waals surface area contributed by atoms with E-state index >= 15 is 4.39 Å². The van der Waals surface area contributed by atoms with Crippen molar-refractivity contribution in [1.82, 2.24) is 14.8 Å². The molecule has 7 nitrogen and oxygen atoms in total. The van der Waals surface area contributed by atoms with Crippen LogP contribution < -0.4 is 0 Å². The molecule has 2 aromatic heterocycles. The molecule has 2 N–H and O–H groups in total. The molecular formula is C25H22F2N4O3. The average Bonchev–Trinajstić information content (AvgIpc) is 3.51. The number of aliphatic carboxylic acids is 1. The number of carboxylic acids is 1. The molecule has 0 radical (unpaired) electrons. The molecule has 1 unspecified atom stereocenters. The average molecular weight is 464 g/mol. The van der Waals surface area contributed by atoms with Gasteiger partial charge in [0.2, 0.25) is 0 Å². The molecule has 0 saturated carbocycles. The highest BCUT2D eigenvalue weighted by Gasteiger charge is 2.40. The van der Waals surface area contributed by atoms with Gasteiger partial charge in [-0.05, 0) is 42.3 Å². The van der Waals surface area contributed by atoms with Crippen LogP contribution in [-0.4, -0.2) is 38.6 Å². The number of carboxylic acid groups (broad SMARTS) is 1. The molecule has 34 heavy (non-hydrogen) atoms. The first-order valence-corrected chi connectivity index (χ1v) is 10.9. The summed E-state index contributed by atoms with van der Waals surface area (Å²) in [5.74, 6) is -2.39. The van der Waals surface area contributed by atoms with E-state index < -0.39 is 35.0 Å². The molecule has 5 rings (SSSR count). The molecule has 4 aromatic rings. The lowest BCUT2D eigenvalue weighted by Gasteiger charge is -2.28. The van der Waals surface area contributed by atoms with E-state index in [0.29, 0.717) is 33.2 Å². The number of benzene rings is 2. The fourth-order valence-corrected chi connectivity index (χ4v) is 5.03. The van der Waals surface area contributed by atoms with Crippen LogP contribution in [0.2, 0.25) is 0 Å². The maximum absolute atomic E-state index is 16.0. The minimum Gasteiger partial charge on any atom is -0.479 e. The summed E-state index contributed by atoms with van der Waals surface area (Å²) < 4.78 is 37.2. The molecule has 174 valence electrons. The van der Waals surface area contributed by atoms with E-state index in [-0.39, 0.29) is 25.0 Å². The fraction of sp³-hybridized carbons (Fsp3) is 0.320. The van der Waals surface area contributed by atoms with Gasteiger partial charge in [-0.3, -0.25) is 5.10 Å². The van der Waals surface area contributed by atoms with Gasteiger partial charge >= 0.3 is 5.97 Å². The number of aromatic nitrogens is 3. The summed E-state index contributed by atoms with van der Waals surface area (Å²) in [5.41, 5.74) is 1.93. The number of hydrogen-bond acceptors (Lipinski definition) is 4. The Morgan fingerprint density at radius 3 is 2.74 bits per heavy atom. The molecular weight excluding hydrogens is 442 g/mol. The molecule has 1 fully saturated rings. The van der Waals surface area contributed by atoms with E-state index in [1.165, 1.54) is 18.3 Å². The van der Waals surface area contributed by atoms with Crippen LogP contribution in [-0.2, 0) is 14.9 Å². The molecule has 1 saturated heterocycles. The number of nitriles is 1. The topological polar surface area (TPSA) is 104 Å².